The molecule has 2 atom stereocenters. The van der Waals surface area contributed by atoms with Crippen molar-refractivity contribution in [2.75, 3.05) is 6.54 Å². The third-order valence-electron chi connectivity index (χ3n) is 3.22. The van der Waals surface area contributed by atoms with E-state index in [0.29, 0.717) is 12.0 Å². The van der Waals surface area contributed by atoms with Crippen molar-refractivity contribution >= 4 is 0 Å². The van der Waals surface area contributed by atoms with Crippen LogP contribution in [-0.2, 0) is 0 Å². The van der Waals surface area contributed by atoms with Gasteiger partial charge in [0.15, 0.2) is 0 Å². The van der Waals surface area contributed by atoms with Crippen LogP contribution in [0.4, 0.5) is 0 Å². The summed E-state index contributed by atoms with van der Waals surface area (Å²) in [6.07, 6.45) is 10.7. The third-order valence-corrected chi connectivity index (χ3v) is 3.22. The van der Waals surface area contributed by atoms with Crippen molar-refractivity contribution in [2.45, 2.75) is 44.6 Å². The summed E-state index contributed by atoms with van der Waals surface area (Å²) in [4.78, 5) is 8.20. The molecule has 0 radical (unpaired) electrons. The van der Waals surface area contributed by atoms with E-state index in [2.05, 4.69) is 22.2 Å². The summed E-state index contributed by atoms with van der Waals surface area (Å²) < 4.78 is 0. The highest BCUT2D eigenvalue weighted by Crippen LogP contribution is 2.31. The van der Waals surface area contributed by atoms with Crippen LogP contribution in [0.25, 0.3) is 0 Å². The molecule has 0 spiro atoms. The van der Waals surface area contributed by atoms with Gasteiger partial charge in [0, 0.05) is 18.4 Å². The molecule has 1 aromatic rings. The van der Waals surface area contributed by atoms with E-state index in [1.165, 1.54) is 31.2 Å². The Hall–Kier alpha value is -0.960. The van der Waals surface area contributed by atoms with Gasteiger partial charge in [-0.3, -0.25) is 0 Å². The lowest BCUT2D eigenvalue weighted by Gasteiger charge is -2.29. The molecule has 0 amide bonds. The van der Waals surface area contributed by atoms with Crippen molar-refractivity contribution in [1.82, 2.24) is 15.3 Å². The van der Waals surface area contributed by atoms with Crippen LogP contribution < -0.4 is 5.32 Å². The fourth-order valence-corrected chi connectivity index (χ4v) is 2.49. The van der Waals surface area contributed by atoms with Crippen molar-refractivity contribution in [1.29, 1.82) is 0 Å². The van der Waals surface area contributed by atoms with Gasteiger partial charge in [-0.25, -0.2) is 9.97 Å². The average molecular weight is 205 g/mol. The van der Waals surface area contributed by atoms with Crippen molar-refractivity contribution < 1.29 is 0 Å². The lowest BCUT2D eigenvalue weighted by molar-refractivity contribution is 0.343. The quantitative estimate of drug-likeness (QED) is 0.821. The topological polar surface area (TPSA) is 37.8 Å². The van der Waals surface area contributed by atoms with Crippen molar-refractivity contribution in [3.63, 3.8) is 0 Å². The van der Waals surface area contributed by atoms with Gasteiger partial charge < -0.3 is 5.32 Å². The summed E-state index contributed by atoms with van der Waals surface area (Å²) in [5.74, 6) is 0.656. The SMILES string of the molecule is CCNC1CCCC(c2cncnc2)C1. The molecule has 1 aromatic heterocycles. The first-order valence-electron chi connectivity index (χ1n) is 5.88. The first-order valence-corrected chi connectivity index (χ1v) is 5.88. The van der Waals surface area contributed by atoms with Gasteiger partial charge in [0.25, 0.3) is 0 Å². The van der Waals surface area contributed by atoms with Gasteiger partial charge >= 0.3 is 0 Å². The standard InChI is InChI=1S/C12H19N3/c1-2-15-12-5-3-4-10(6-12)11-7-13-9-14-8-11/h7-10,12,15H,2-6H2,1H3. The van der Waals surface area contributed by atoms with Crippen LogP contribution in [0.2, 0.25) is 0 Å². The number of hydrogen-bond acceptors (Lipinski definition) is 3. The summed E-state index contributed by atoms with van der Waals surface area (Å²) in [5.41, 5.74) is 1.31. The Morgan fingerprint density at radius 3 is 2.87 bits per heavy atom. The molecule has 82 valence electrons. The van der Waals surface area contributed by atoms with Gasteiger partial charge in [0.1, 0.15) is 6.33 Å². The summed E-state index contributed by atoms with van der Waals surface area (Å²) in [7, 11) is 0. The molecule has 1 saturated carbocycles. The van der Waals surface area contributed by atoms with E-state index in [-0.39, 0.29) is 0 Å². The Morgan fingerprint density at radius 2 is 2.13 bits per heavy atom. The predicted octanol–water partition coefficient (Wildman–Crippen LogP) is 2.11. The Morgan fingerprint density at radius 1 is 1.33 bits per heavy atom. The van der Waals surface area contributed by atoms with E-state index in [0.717, 1.165) is 6.54 Å². The van der Waals surface area contributed by atoms with Gasteiger partial charge in [-0.15, -0.1) is 0 Å². The monoisotopic (exact) mass is 205 g/mol. The normalized spacial score (nSPS) is 26.5. The molecule has 1 heterocycles. The average Bonchev–Trinajstić information content (AvgIpc) is 2.31. The van der Waals surface area contributed by atoms with Crippen molar-refractivity contribution in [3.05, 3.63) is 24.3 Å². The van der Waals surface area contributed by atoms with E-state index in [1.807, 2.05) is 12.4 Å². The molecule has 3 heteroatoms. The van der Waals surface area contributed by atoms with Crippen LogP contribution >= 0.6 is 0 Å². The van der Waals surface area contributed by atoms with Crippen molar-refractivity contribution in [2.24, 2.45) is 0 Å². The molecule has 2 unspecified atom stereocenters. The molecule has 1 aliphatic carbocycles. The minimum atomic E-state index is 0.656. The molecule has 2 rings (SSSR count). The maximum Gasteiger partial charge on any atom is 0.115 e. The molecular weight excluding hydrogens is 186 g/mol. The Bertz CT molecular complexity index is 284. The highest BCUT2D eigenvalue weighted by molar-refractivity contribution is 5.11. The second-order valence-electron chi connectivity index (χ2n) is 4.29. The number of aromatic nitrogens is 2. The highest BCUT2D eigenvalue weighted by atomic mass is 14.9. The van der Waals surface area contributed by atoms with Gasteiger partial charge in [-0.05, 0) is 37.3 Å². The highest BCUT2D eigenvalue weighted by Gasteiger charge is 2.22. The first kappa shape index (κ1) is 10.6. The van der Waals surface area contributed by atoms with Crippen LogP contribution in [0.3, 0.4) is 0 Å². The molecule has 1 aliphatic rings. The summed E-state index contributed by atoms with van der Waals surface area (Å²) in [6.45, 7) is 3.25. The Balaban J connectivity index is 1.98. The molecule has 15 heavy (non-hydrogen) atoms. The molecule has 0 saturated heterocycles. The second-order valence-corrected chi connectivity index (χ2v) is 4.29. The maximum absolute atomic E-state index is 4.10. The summed E-state index contributed by atoms with van der Waals surface area (Å²) in [6, 6.07) is 0.689. The van der Waals surface area contributed by atoms with E-state index < -0.39 is 0 Å². The third kappa shape index (κ3) is 2.75. The minimum Gasteiger partial charge on any atom is -0.314 e. The molecule has 3 nitrogen and oxygen atoms in total. The Kier molecular flexibility index (Phi) is 3.67. The van der Waals surface area contributed by atoms with Crippen molar-refractivity contribution in [3.8, 4) is 0 Å². The molecule has 0 bridgehead atoms. The zero-order valence-electron chi connectivity index (χ0n) is 9.32. The lowest BCUT2D eigenvalue weighted by atomic mass is 9.82. The first-order chi connectivity index (χ1) is 7.40. The summed E-state index contributed by atoms with van der Waals surface area (Å²) in [5, 5.41) is 3.54. The molecule has 1 fully saturated rings. The van der Waals surface area contributed by atoms with Crippen LogP contribution in [0.15, 0.2) is 18.7 Å². The van der Waals surface area contributed by atoms with E-state index in [1.54, 1.807) is 6.33 Å². The zero-order valence-corrected chi connectivity index (χ0v) is 9.32. The fraction of sp³-hybridized carbons (Fsp3) is 0.667. The van der Waals surface area contributed by atoms with Crippen LogP contribution in [-0.4, -0.2) is 22.6 Å². The van der Waals surface area contributed by atoms with Crippen LogP contribution in [0.1, 0.15) is 44.1 Å². The molecule has 1 N–H and O–H groups in total. The summed E-state index contributed by atoms with van der Waals surface area (Å²) >= 11 is 0. The van der Waals surface area contributed by atoms with Gasteiger partial charge in [0.2, 0.25) is 0 Å². The van der Waals surface area contributed by atoms with Gasteiger partial charge in [-0.1, -0.05) is 13.3 Å². The number of hydrogen-bond donors (Lipinski definition) is 1. The molecule has 0 aromatic carbocycles. The smallest absolute Gasteiger partial charge is 0.115 e. The zero-order chi connectivity index (χ0) is 10.5. The van der Waals surface area contributed by atoms with Crippen LogP contribution in [0, 0.1) is 0 Å². The fourth-order valence-electron chi connectivity index (χ4n) is 2.49. The van der Waals surface area contributed by atoms with E-state index >= 15 is 0 Å². The minimum absolute atomic E-state index is 0.656. The number of nitrogens with zero attached hydrogens (tertiary/aromatic N) is 2. The van der Waals surface area contributed by atoms with Gasteiger partial charge in [-0.2, -0.15) is 0 Å². The van der Waals surface area contributed by atoms with E-state index in [9.17, 15) is 0 Å². The predicted molar refractivity (Wildman–Crippen MR) is 60.7 cm³/mol. The van der Waals surface area contributed by atoms with Gasteiger partial charge in [0.05, 0.1) is 0 Å². The molecular formula is C12H19N3. The lowest BCUT2D eigenvalue weighted by Crippen LogP contribution is -2.33. The number of nitrogens with one attached hydrogen (secondary N) is 1. The largest absolute Gasteiger partial charge is 0.314 e. The van der Waals surface area contributed by atoms with E-state index in [4.69, 9.17) is 0 Å². The second kappa shape index (κ2) is 5.21. The van der Waals surface area contributed by atoms with Crippen LogP contribution in [0.5, 0.6) is 0 Å². The maximum atomic E-state index is 4.10. The Labute approximate surface area is 91.3 Å². The molecule has 0 aliphatic heterocycles. The number of rotatable bonds is 3.